The van der Waals surface area contributed by atoms with E-state index in [2.05, 4.69) is 18.7 Å². The third-order valence-electron chi connectivity index (χ3n) is 2.00. The van der Waals surface area contributed by atoms with Crippen LogP contribution in [0.5, 0.6) is 0 Å². The van der Waals surface area contributed by atoms with Gasteiger partial charge in [0.05, 0.1) is 18.8 Å². The SMILES string of the molecule is COCCN1CC(OC(C)C)C1. The standard InChI is InChI=1S/C9H19NO2/c1-8(2)12-9-6-10(7-9)4-5-11-3/h8-9H,4-7H2,1-3H3. The molecule has 0 atom stereocenters. The predicted octanol–water partition coefficient (Wildman–Crippen LogP) is 0.742. The number of methoxy groups -OCH3 is 1. The Morgan fingerprint density at radius 1 is 1.42 bits per heavy atom. The fourth-order valence-corrected chi connectivity index (χ4v) is 1.40. The van der Waals surface area contributed by atoms with Gasteiger partial charge in [0.15, 0.2) is 0 Å². The number of nitrogens with zero attached hydrogens (tertiary/aromatic N) is 1. The molecule has 0 aliphatic carbocycles. The first kappa shape index (κ1) is 9.96. The van der Waals surface area contributed by atoms with Crippen LogP contribution in [-0.2, 0) is 9.47 Å². The van der Waals surface area contributed by atoms with Gasteiger partial charge in [0.2, 0.25) is 0 Å². The molecule has 0 N–H and O–H groups in total. The second kappa shape index (κ2) is 4.80. The van der Waals surface area contributed by atoms with E-state index in [9.17, 15) is 0 Å². The molecule has 3 nitrogen and oxygen atoms in total. The van der Waals surface area contributed by atoms with E-state index >= 15 is 0 Å². The predicted molar refractivity (Wildman–Crippen MR) is 48.3 cm³/mol. The summed E-state index contributed by atoms with van der Waals surface area (Å²) >= 11 is 0. The van der Waals surface area contributed by atoms with Gasteiger partial charge in [-0.25, -0.2) is 0 Å². The molecule has 0 bridgehead atoms. The van der Waals surface area contributed by atoms with Gasteiger partial charge in [-0.05, 0) is 13.8 Å². The van der Waals surface area contributed by atoms with E-state index in [1.807, 2.05) is 0 Å². The molecular weight excluding hydrogens is 154 g/mol. The fourth-order valence-electron chi connectivity index (χ4n) is 1.40. The van der Waals surface area contributed by atoms with E-state index in [4.69, 9.17) is 9.47 Å². The second-order valence-electron chi connectivity index (χ2n) is 3.56. The van der Waals surface area contributed by atoms with Gasteiger partial charge in [-0.1, -0.05) is 0 Å². The fraction of sp³-hybridized carbons (Fsp3) is 1.00. The number of rotatable bonds is 5. The van der Waals surface area contributed by atoms with Crippen LogP contribution in [0.3, 0.4) is 0 Å². The highest BCUT2D eigenvalue weighted by atomic mass is 16.5. The summed E-state index contributed by atoms with van der Waals surface area (Å²) in [6.45, 7) is 8.17. The summed E-state index contributed by atoms with van der Waals surface area (Å²) in [5.41, 5.74) is 0. The molecule has 0 aromatic carbocycles. The third-order valence-corrected chi connectivity index (χ3v) is 2.00. The van der Waals surface area contributed by atoms with E-state index < -0.39 is 0 Å². The summed E-state index contributed by atoms with van der Waals surface area (Å²) in [5.74, 6) is 0. The molecule has 1 saturated heterocycles. The van der Waals surface area contributed by atoms with Gasteiger partial charge in [-0.2, -0.15) is 0 Å². The summed E-state index contributed by atoms with van der Waals surface area (Å²) in [4.78, 5) is 2.34. The van der Waals surface area contributed by atoms with Crippen LogP contribution in [0.1, 0.15) is 13.8 Å². The van der Waals surface area contributed by atoms with Gasteiger partial charge in [-0.15, -0.1) is 0 Å². The molecule has 1 aliphatic heterocycles. The van der Waals surface area contributed by atoms with Crippen molar-refractivity contribution in [1.82, 2.24) is 4.90 Å². The highest BCUT2D eigenvalue weighted by Gasteiger charge is 2.27. The molecule has 3 heteroatoms. The maximum Gasteiger partial charge on any atom is 0.0832 e. The molecule has 1 heterocycles. The lowest BCUT2D eigenvalue weighted by Crippen LogP contribution is -2.53. The van der Waals surface area contributed by atoms with Crippen LogP contribution in [-0.4, -0.2) is 50.5 Å². The maximum absolute atomic E-state index is 5.61. The highest BCUT2D eigenvalue weighted by molar-refractivity contribution is 4.80. The molecule has 1 aliphatic rings. The molecule has 0 aromatic rings. The Morgan fingerprint density at radius 2 is 2.08 bits per heavy atom. The first-order chi connectivity index (χ1) is 5.72. The number of ether oxygens (including phenoxy) is 2. The third kappa shape index (κ3) is 3.09. The smallest absolute Gasteiger partial charge is 0.0832 e. The number of hydrogen-bond donors (Lipinski definition) is 0. The van der Waals surface area contributed by atoms with Crippen molar-refractivity contribution in [2.75, 3.05) is 33.4 Å². The first-order valence-electron chi connectivity index (χ1n) is 4.59. The molecule has 0 unspecified atom stereocenters. The van der Waals surface area contributed by atoms with E-state index in [-0.39, 0.29) is 0 Å². The molecule has 1 rings (SSSR count). The molecular formula is C9H19NO2. The lowest BCUT2D eigenvalue weighted by atomic mass is 10.1. The zero-order valence-electron chi connectivity index (χ0n) is 8.25. The molecule has 12 heavy (non-hydrogen) atoms. The van der Waals surface area contributed by atoms with E-state index in [1.54, 1.807) is 7.11 Å². The molecule has 0 aromatic heterocycles. The number of hydrogen-bond acceptors (Lipinski definition) is 3. The van der Waals surface area contributed by atoms with Crippen LogP contribution < -0.4 is 0 Å². The van der Waals surface area contributed by atoms with Crippen LogP contribution in [0.2, 0.25) is 0 Å². The van der Waals surface area contributed by atoms with Crippen molar-refractivity contribution < 1.29 is 9.47 Å². The molecule has 0 amide bonds. The summed E-state index contributed by atoms with van der Waals surface area (Å²) in [6.07, 6.45) is 0.821. The maximum atomic E-state index is 5.61. The van der Waals surface area contributed by atoms with E-state index in [0.717, 1.165) is 26.2 Å². The Kier molecular flexibility index (Phi) is 3.98. The normalized spacial score (nSPS) is 20.0. The summed E-state index contributed by atoms with van der Waals surface area (Å²) in [6, 6.07) is 0. The Bertz CT molecular complexity index is 122. The minimum absolute atomic E-state index is 0.361. The summed E-state index contributed by atoms with van der Waals surface area (Å²) in [5, 5.41) is 0. The minimum Gasteiger partial charge on any atom is -0.383 e. The Hall–Kier alpha value is -0.120. The number of likely N-dealkylation sites (tertiary alicyclic amines) is 1. The quantitative estimate of drug-likeness (QED) is 0.612. The zero-order valence-corrected chi connectivity index (χ0v) is 8.25. The lowest BCUT2D eigenvalue weighted by molar-refractivity contribution is -0.0845. The molecule has 1 fully saturated rings. The van der Waals surface area contributed by atoms with Crippen LogP contribution >= 0.6 is 0 Å². The molecule has 0 radical (unpaired) electrons. The average molecular weight is 173 g/mol. The van der Waals surface area contributed by atoms with Crippen LogP contribution in [0.25, 0.3) is 0 Å². The largest absolute Gasteiger partial charge is 0.383 e. The van der Waals surface area contributed by atoms with Gasteiger partial charge >= 0.3 is 0 Å². The summed E-state index contributed by atoms with van der Waals surface area (Å²) in [7, 11) is 1.74. The Balaban J connectivity index is 1.96. The highest BCUT2D eigenvalue weighted by Crippen LogP contribution is 2.12. The first-order valence-corrected chi connectivity index (χ1v) is 4.59. The van der Waals surface area contributed by atoms with E-state index in [1.165, 1.54) is 0 Å². The Morgan fingerprint density at radius 3 is 2.58 bits per heavy atom. The van der Waals surface area contributed by atoms with Crippen molar-refractivity contribution in [1.29, 1.82) is 0 Å². The molecule has 0 spiro atoms. The molecule has 72 valence electrons. The average Bonchev–Trinajstić information content (AvgIpc) is 1.93. The summed E-state index contributed by atoms with van der Waals surface area (Å²) < 4.78 is 10.6. The van der Waals surface area contributed by atoms with Gasteiger partial charge < -0.3 is 9.47 Å². The monoisotopic (exact) mass is 173 g/mol. The van der Waals surface area contributed by atoms with Crippen molar-refractivity contribution >= 4 is 0 Å². The zero-order chi connectivity index (χ0) is 8.97. The molecule has 0 saturated carbocycles. The van der Waals surface area contributed by atoms with Gasteiger partial charge in [-0.3, -0.25) is 4.90 Å². The minimum atomic E-state index is 0.361. The van der Waals surface area contributed by atoms with Gasteiger partial charge in [0, 0.05) is 26.7 Å². The second-order valence-corrected chi connectivity index (χ2v) is 3.56. The van der Waals surface area contributed by atoms with Crippen molar-refractivity contribution in [2.45, 2.75) is 26.1 Å². The van der Waals surface area contributed by atoms with Crippen LogP contribution in [0.15, 0.2) is 0 Å². The van der Waals surface area contributed by atoms with Crippen molar-refractivity contribution in [3.63, 3.8) is 0 Å². The van der Waals surface area contributed by atoms with Crippen LogP contribution in [0, 0.1) is 0 Å². The van der Waals surface area contributed by atoms with Crippen molar-refractivity contribution in [2.24, 2.45) is 0 Å². The van der Waals surface area contributed by atoms with Crippen LogP contribution in [0.4, 0.5) is 0 Å². The Labute approximate surface area is 74.6 Å². The van der Waals surface area contributed by atoms with Crippen molar-refractivity contribution in [3.05, 3.63) is 0 Å². The topological polar surface area (TPSA) is 21.7 Å². The van der Waals surface area contributed by atoms with E-state index in [0.29, 0.717) is 12.2 Å². The van der Waals surface area contributed by atoms with Crippen molar-refractivity contribution in [3.8, 4) is 0 Å². The van der Waals surface area contributed by atoms with Gasteiger partial charge in [0.1, 0.15) is 0 Å². The van der Waals surface area contributed by atoms with Gasteiger partial charge in [0.25, 0.3) is 0 Å². The lowest BCUT2D eigenvalue weighted by Gasteiger charge is -2.39.